The Morgan fingerprint density at radius 1 is 0.821 bits per heavy atom. The van der Waals surface area contributed by atoms with E-state index in [0.717, 1.165) is 27.7 Å². The van der Waals surface area contributed by atoms with Gasteiger partial charge in [0.15, 0.2) is 0 Å². The number of hydrogen-bond donors (Lipinski definition) is 0. The van der Waals surface area contributed by atoms with Crippen LogP contribution in [0.2, 0.25) is 0 Å². The van der Waals surface area contributed by atoms with Gasteiger partial charge in [-0.15, -0.1) is 5.16 Å². The summed E-state index contributed by atoms with van der Waals surface area (Å²) in [5.74, 6) is 0. The largest absolute Gasteiger partial charge is 0.438 e. The normalized spacial score (nSPS) is 11.6. The molecule has 0 heterocycles. The van der Waals surface area contributed by atoms with Gasteiger partial charge in [-0.05, 0) is 22.0 Å². The van der Waals surface area contributed by atoms with Gasteiger partial charge in [-0.3, -0.25) is 0 Å². The van der Waals surface area contributed by atoms with Crippen molar-refractivity contribution in [2.24, 2.45) is 5.16 Å². The molecule has 140 valence electrons. The fraction of sp³-hybridized carbons (Fsp3) is 0.167. The first-order chi connectivity index (χ1) is 13.8. The molecule has 0 unspecified atom stereocenters. The van der Waals surface area contributed by atoms with Gasteiger partial charge in [0, 0.05) is 12.8 Å². The molecule has 0 amide bonds. The topological polar surface area (TPSA) is 45.4 Å². The molecule has 28 heavy (non-hydrogen) atoms. The Balaban J connectivity index is 2.19. The Bertz CT molecular complexity index is 838. The van der Waals surface area contributed by atoms with E-state index < -0.39 is 8.32 Å². The van der Waals surface area contributed by atoms with Gasteiger partial charge in [-0.1, -0.05) is 97.9 Å². The molecule has 0 aliphatic carbocycles. The van der Waals surface area contributed by atoms with E-state index in [-0.39, 0.29) is 0 Å². The fourth-order valence-electron chi connectivity index (χ4n) is 3.30. The van der Waals surface area contributed by atoms with Crippen LogP contribution in [-0.4, -0.2) is 14.0 Å². The highest BCUT2D eigenvalue weighted by molar-refractivity contribution is 7.07. The fourth-order valence-corrected chi connectivity index (χ4v) is 6.86. The third kappa shape index (κ3) is 4.21. The maximum absolute atomic E-state index is 8.94. The maximum atomic E-state index is 8.94. The summed E-state index contributed by atoms with van der Waals surface area (Å²) in [5.41, 5.74) is 0.918. The van der Waals surface area contributed by atoms with Gasteiger partial charge < -0.3 is 4.53 Å². The van der Waals surface area contributed by atoms with Crippen LogP contribution < -0.4 is 15.6 Å². The van der Waals surface area contributed by atoms with Crippen molar-refractivity contribution in [2.45, 2.75) is 26.2 Å². The molecule has 3 aromatic carbocycles. The van der Waals surface area contributed by atoms with E-state index >= 15 is 0 Å². The van der Waals surface area contributed by atoms with Crippen LogP contribution in [0.1, 0.15) is 26.2 Å². The van der Waals surface area contributed by atoms with E-state index in [1.54, 1.807) is 0 Å². The Kier molecular flexibility index (Phi) is 6.77. The molecule has 0 fully saturated rings. The van der Waals surface area contributed by atoms with Gasteiger partial charge in [-0.2, -0.15) is 5.26 Å². The van der Waals surface area contributed by atoms with Crippen molar-refractivity contribution in [3.63, 3.8) is 0 Å². The predicted octanol–water partition coefficient (Wildman–Crippen LogP) is 3.74. The molecule has 4 heteroatoms. The number of oxime groups is 1. The molecule has 0 aromatic heterocycles. The Labute approximate surface area is 168 Å². The van der Waals surface area contributed by atoms with Gasteiger partial charge in [0.05, 0.1) is 11.8 Å². The molecule has 0 aliphatic heterocycles. The van der Waals surface area contributed by atoms with Crippen molar-refractivity contribution >= 4 is 29.6 Å². The molecule has 0 spiro atoms. The van der Waals surface area contributed by atoms with Crippen LogP contribution in [-0.2, 0) is 4.53 Å². The van der Waals surface area contributed by atoms with Crippen LogP contribution in [0.25, 0.3) is 0 Å². The Morgan fingerprint density at radius 2 is 1.25 bits per heavy atom. The molecule has 0 atom stereocenters. The maximum Gasteiger partial charge on any atom is 0.380 e. The zero-order valence-electron chi connectivity index (χ0n) is 16.1. The second-order valence-corrected chi connectivity index (χ2v) is 9.82. The van der Waals surface area contributed by atoms with E-state index in [4.69, 9.17) is 9.79 Å². The zero-order chi connectivity index (χ0) is 19.7. The molecule has 3 nitrogen and oxygen atoms in total. The van der Waals surface area contributed by atoms with Gasteiger partial charge in [0.2, 0.25) is 0 Å². The lowest BCUT2D eigenvalue weighted by Gasteiger charge is -2.30. The van der Waals surface area contributed by atoms with E-state index in [9.17, 15) is 0 Å². The molecule has 0 N–H and O–H groups in total. The van der Waals surface area contributed by atoms with Crippen LogP contribution in [0.5, 0.6) is 0 Å². The number of rotatable bonds is 8. The first kappa shape index (κ1) is 19.6. The van der Waals surface area contributed by atoms with Crippen LogP contribution in [0.4, 0.5) is 0 Å². The van der Waals surface area contributed by atoms with E-state index in [1.807, 2.05) is 54.6 Å². The summed E-state index contributed by atoms with van der Waals surface area (Å²) < 4.78 is 6.56. The molecule has 0 saturated carbocycles. The highest BCUT2D eigenvalue weighted by Gasteiger charge is 2.44. The highest BCUT2D eigenvalue weighted by Crippen LogP contribution is 2.11. The van der Waals surface area contributed by atoms with Crippen molar-refractivity contribution in [2.75, 3.05) is 0 Å². The third-order valence-electron chi connectivity index (χ3n) is 4.79. The average molecular weight is 385 g/mol. The first-order valence-corrected chi connectivity index (χ1v) is 11.5. The number of hydrogen-bond acceptors (Lipinski definition) is 3. The Morgan fingerprint density at radius 3 is 1.61 bits per heavy atom. The lowest BCUT2D eigenvalue weighted by Crippen LogP contribution is -2.68. The smallest absolute Gasteiger partial charge is 0.380 e. The van der Waals surface area contributed by atoms with Crippen molar-refractivity contribution in [1.29, 1.82) is 5.26 Å². The summed E-state index contributed by atoms with van der Waals surface area (Å²) in [6.07, 6.45) is 1.85. The first-order valence-electron chi connectivity index (χ1n) is 9.58. The lowest BCUT2D eigenvalue weighted by molar-refractivity contribution is 0.346. The molecule has 0 radical (unpaired) electrons. The van der Waals surface area contributed by atoms with Gasteiger partial charge in [-0.25, -0.2) is 0 Å². The third-order valence-corrected chi connectivity index (χ3v) is 8.59. The molecular formula is C24H24N2OSi. The van der Waals surface area contributed by atoms with E-state index in [2.05, 4.69) is 54.5 Å². The minimum atomic E-state index is -2.81. The van der Waals surface area contributed by atoms with E-state index in [0.29, 0.717) is 12.8 Å². The van der Waals surface area contributed by atoms with E-state index in [1.165, 1.54) is 0 Å². The average Bonchev–Trinajstić information content (AvgIpc) is 2.78. The molecule has 0 bridgehead atoms. The molecular weight excluding hydrogens is 360 g/mol. The van der Waals surface area contributed by atoms with Crippen molar-refractivity contribution in [3.8, 4) is 6.07 Å². The molecule has 0 aliphatic rings. The summed E-state index contributed by atoms with van der Waals surface area (Å²) in [4.78, 5) is 0. The molecule has 0 saturated heterocycles. The summed E-state index contributed by atoms with van der Waals surface area (Å²) in [6, 6.07) is 33.3. The van der Waals surface area contributed by atoms with Gasteiger partial charge >= 0.3 is 8.32 Å². The second kappa shape index (κ2) is 9.68. The summed E-state index contributed by atoms with van der Waals surface area (Å²) in [5, 5.41) is 17.0. The SMILES string of the molecule is CC/C(CCC#N)=N\O[Si](c1ccccc1)(c1ccccc1)c1ccccc1. The number of nitriles is 1. The monoisotopic (exact) mass is 384 g/mol. The van der Waals surface area contributed by atoms with Crippen molar-refractivity contribution < 1.29 is 4.53 Å². The van der Waals surface area contributed by atoms with Crippen LogP contribution >= 0.6 is 0 Å². The molecule has 3 rings (SSSR count). The van der Waals surface area contributed by atoms with Gasteiger partial charge in [0.25, 0.3) is 0 Å². The summed E-state index contributed by atoms with van der Waals surface area (Å²) in [7, 11) is -2.81. The second-order valence-electron chi connectivity index (χ2n) is 6.54. The Hall–Kier alpha value is -3.16. The minimum absolute atomic E-state index is 0.451. The van der Waals surface area contributed by atoms with Crippen LogP contribution in [0.15, 0.2) is 96.2 Å². The van der Waals surface area contributed by atoms with Crippen molar-refractivity contribution in [3.05, 3.63) is 91.0 Å². The zero-order valence-corrected chi connectivity index (χ0v) is 17.1. The number of nitrogens with zero attached hydrogens (tertiary/aromatic N) is 2. The minimum Gasteiger partial charge on any atom is -0.438 e. The standard InChI is InChI=1S/C24H24N2OSi/c1-2-21(13-12-20-25)26-27-28(22-14-6-3-7-15-22,23-16-8-4-9-17-23)24-18-10-5-11-19-24/h3-11,14-19H,2,12-13H2,1H3/b26-21+. The van der Waals surface area contributed by atoms with Crippen LogP contribution in [0, 0.1) is 11.3 Å². The number of benzene rings is 3. The molecule has 3 aromatic rings. The quantitative estimate of drug-likeness (QED) is 0.257. The van der Waals surface area contributed by atoms with Crippen molar-refractivity contribution in [1.82, 2.24) is 0 Å². The lowest BCUT2D eigenvalue weighted by atomic mass is 10.2. The summed E-state index contributed by atoms with van der Waals surface area (Å²) >= 11 is 0. The predicted molar refractivity (Wildman–Crippen MR) is 118 cm³/mol. The highest BCUT2D eigenvalue weighted by atomic mass is 28.4. The summed E-state index contributed by atoms with van der Waals surface area (Å²) in [6.45, 7) is 2.05. The van der Waals surface area contributed by atoms with Crippen LogP contribution in [0.3, 0.4) is 0 Å². The van der Waals surface area contributed by atoms with Gasteiger partial charge in [0.1, 0.15) is 0 Å².